The van der Waals surface area contributed by atoms with Crippen LogP contribution in [0.25, 0.3) is 0 Å². The maximum Gasteiger partial charge on any atom is 0.419 e. The predicted molar refractivity (Wildman–Crippen MR) is 63.2 cm³/mol. The number of carbonyl (C=O) groups is 1. The van der Waals surface area contributed by atoms with Gasteiger partial charge in [-0.15, -0.1) is 0 Å². The fourth-order valence-corrected chi connectivity index (χ4v) is 1.46. The van der Waals surface area contributed by atoms with Gasteiger partial charge in [-0.1, -0.05) is 13.8 Å². The van der Waals surface area contributed by atoms with Gasteiger partial charge in [0.25, 0.3) is 5.91 Å². The molecule has 0 spiro atoms. The summed E-state index contributed by atoms with van der Waals surface area (Å²) in [5.74, 6) is -1.64. The summed E-state index contributed by atoms with van der Waals surface area (Å²) in [7, 11) is 0. The van der Waals surface area contributed by atoms with Crippen molar-refractivity contribution in [3.8, 4) is 0 Å². The SMILES string of the molecule is CC(C)CCNC(=O)c1ccc(F)c(C(F)(F)F)c1. The lowest BCUT2D eigenvalue weighted by atomic mass is 10.1. The molecule has 0 saturated carbocycles. The summed E-state index contributed by atoms with van der Waals surface area (Å²) in [6.45, 7) is 4.30. The average molecular weight is 277 g/mol. The zero-order chi connectivity index (χ0) is 14.6. The summed E-state index contributed by atoms with van der Waals surface area (Å²) in [5.41, 5.74) is -1.62. The molecule has 2 nitrogen and oxygen atoms in total. The van der Waals surface area contributed by atoms with Crippen LogP contribution in [0.2, 0.25) is 0 Å². The first-order valence-corrected chi connectivity index (χ1v) is 5.86. The van der Waals surface area contributed by atoms with Crippen molar-refractivity contribution in [2.75, 3.05) is 6.54 Å². The van der Waals surface area contributed by atoms with E-state index >= 15 is 0 Å². The Hall–Kier alpha value is -1.59. The molecule has 0 saturated heterocycles. The molecule has 0 aliphatic rings. The predicted octanol–water partition coefficient (Wildman–Crippen LogP) is 3.62. The van der Waals surface area contributed by atoms with Crippen LogP contribution in [0, 0.1) is 11.7 Å². The highest BCUT2D eigenvalue weighted by atomic mass is 19.4. The summed E-state index contributed by atoms with van der Waals surface area (Å²) in [6.07, 6.45) is -4.09. The number of rotatable bonds is 4. The van der Waals surface area contributed by atoms with Crippen LogP contribution in [0.4, 0.5) is 17.6 Å². The molecule has 1 amide bonds. The van der Waals surface area contributed by atoms with Crippen LogP contribution in [0.15, 0.2) is 18.2 Å². The van der Waals surface area contributed by atoms with Crippen molar-refractivity contribution in [2.24, 2.45) is 5.92 Å². The third kappa shape index (κ3) is 4.54. The lowest BCUT2D eigenvalue weighted by Gasteiger charge is -2.11. The van der Waals surface area contributed by atoms with Crippen molar-refractivity contribution >= 4 is 5.91 Å². The maximum absolute atomic E-state index is 13.0. The number of halogens is 4. The molecule has 0 bridgehead atoms. The lowest BCUT2D eigenvalue weighted by Crippen LogP contribution is -2.25. The van der Waals surface area contributed by atoms with Gasteiger partial charge in [0.2, 0.25) is 0 Å². The van der Waals surface area contributed by atoms with Gasteiger partial charge in [0.1, 0.15) is 5.82 Å². The van der Waals surface area contributed by atoms with Crippen molar-refractivity contribution in [3.63, 3.8) is 0 Å². The molecule has 0 heterocycles. The van der Waals surface area contributed by atoms with Crippen molar-refractivity contribution in [2.45, 2.75) is 26.4 Å². The summed E-state index contributed by atoms with van der Waals surface area (Å²) in [4.78, 5) is 11.6. The van der Waals surface area contributed by atoms with Gasteiger partial charge >= 0.3 is 6.18 Å². The highest BCUT2D eigenvalue weighted by Crippen LogP contribution is 2.31. The van der Waals surface area contributed by atoms with Crippen LogP contribution in [0.3, 0.4) is 0 Å². The first-order valence-electron chi connectivity index (χ1n) is 5.86. The molecular weight excluding hydrogens is 262 g/mol. The Labute approximate surface area is 108 Å². The van der Waals surface area contributed by atoms with Crippen molar-refractivity contribution in [1.82, 2.24) is 5.32 Å². The largest absolute Gasteiger partial charge is 0.419 e. The Balaban J connectivity index is 2.82. The first kappa shape index (κ1) is 15.5. The molecule has 0 unspecified atom stereocenters. The van der Waals surface area contributed by atoms with Gasteiger partial charge in [-0.05, 0) is 30.5 Å². The molecule has 0 aliphatic carbocycles. The minimum atomic E-state index is -4.81. The molecule has 0 radical (unpaired) electrons. The summed E-state index contributed by atoms with van der Waals surface area (Å²) < 4.78 is 50.5. The van der Waals surface area contributed by atoms with Crippen molar-refractivity contribution in [1.29, 1.82) is 0 Å². The topological polar surface area (TPSA) is 29.1 Å². The summed E-state index contributed by atoms with van der Waals surface area (Å²) in [5, 5.41) is 2.50. The van der Waals surface area contributed by atoms with Crippen molar-refractivity contribution < 1.29 is 22.4 Å². The third-order valence-electron chi connectivity index (χ3n) is 2.54. The first-order chi connectivity index (χ1) is 8.71. The summed E-state index contributed by atoms with van der Waals surface area (Å²) >= 11 is 0. The average Bonchev–Trinajstić information content (AvgIpc) is 2.27. The third-order valence-corrected chi connectivity index (χ3v) is 2.54. The molecule has 1 aromatic rings. The number of hydrogen-bond acceptors (Lipinski definition) is 1. The second-order valence-electron chi connectivity index (χ2n) is 4.63. The van der Waals surface area contributed by atoms with Gasteiger partial charge < -0.3 is 5.32 Å². The van der Waals surface area contributed by atoms with Gasteiger partial charge in [0, 0.05) is 12.1 Å². The zero-order valence-electron chi connectivity index (χ0n) is 10.6. The zero-order valence-corrected chi connectivity index (χ0v) is 10.6. The number of nitrogens with one attached hydrogen (secondary N) is 1. The van der Waals surface area contributed by atoms with E-state index in [4.69, 9.17) is 0 Å². The molecular formula is C13H15F4NO. The smallest absolute Gasteiger partial charge is 0.352 e. The molecule has 0 aliphatic heterocycles. The molecule has 1 N–H and O–H groups in total. The molecule has 6 heteroatoms. The fourth-order valence-electron chi connectivity index (χ4n) is 1.46. The highest BCUT2D eigenvalue weighted by molar-refractivity contribution is 5.94. The molecule has 0 aromatic heterocycles. The lowest BCUT2D eigenvalue weighted by molar-refractivity contribution is -0.140. The molecule has 1 aromatic carbocycles. The van der Waals surface area contributed by atoms with Crippen LogP contribution in [0.5, 0.6) is 0 Å². The molecule has 0 fully saturated rings. The van der Waals surface area contributed by atoms with Gasteiger partial charge in [-0.3, -0.25) is 4.79 Å². The van der Waals surface area contributed by atoms with E-state index in [9.17, 15) is 22.4 Å². The Bertz CT molecular complexity index is 454. The van der Waals surface area contributed by atoms with E-state index in [-0.39, 0.29) is 5.56 Å². The normalized spacial score (nSPS) is 11.7. The van der Waals surface area contributed by atoms with Gasteiger partial charge in [-0.25, -0.2) is 4.39 Å². The van der Waals surface area contributed by atoms with Gasteiger partial charge in [0.15, 0.2) is 0 Å². The Morgan fingerprint density at radius 1 is 1.32 bits per heavy atom. The second-order valence-corrected chi connectivity index (χ2v) is 4.63. The van der Waals surface area contributed by atoms with Crippen molar-refractivity contribution in [3.05, 3.63) is 35.1 Å². The Morgan fingerprint density at radius 2 is 1.95 bits per heavy atom. The molecule has 19 heavy (non-hydrogen) atoms. The monoisotopic (exact) mass is 277 g/mol. The van der Waals surface area contributed by atoms with Crippen LogP contribution >= 0.6 is 0 Å². The van der Waals surface area contributed by atoms with E-state index < -0.39 is 23.5 Å². The minimum Gasteiger partial charge on any atom is -0.352 e. The van der Waals surface area contributed by atoms with E-state index in [0.717, 1.165) is 12.5 Å². The number of alkyl halides is 3. The molecule has 106 valence electrons. The van der Waals surface area contributed by atoms with Gasteiger partial charge in [-0.2, -0.15) is 13.2 Å². The van der Waals surface area contributed by atoms with E-state index in [0.29, 0.717) is 24.6 Å². The van der Waals surface area contributed by atoms with E-state index in [2.05, 4.69) is 5.32 Å². The number of carbonyl (C=O) groups excluding carboxylic acids is 1. The Morgan fingerprint density at radius 3 is 2.47 bits per heavy atom. The number of amides is 1. The van der Waals surface area contributed by atoms with Crippen LogP contribution < -0.4 is 5.32 Å². The maximum atomic E-state index is 13.0. The fraction of sp³-hybridized carbons (Fsp3) is 0.462. The van der Waals surface area contributed by atoms with E-state index in [1.807, 2.05) is 13.8 Å². The van der Waals surface area contributed by atoms with E-state index in [1.54, 1.807) is 0 Å². The minimum absolute atomic E-state index is 0.197. The van der Waals surface area contributed by atoms with Crippen LogP contribution in [-0.2, 0) is 6.18 Å². The van der Waals surface area contributed by atoms with E-state index in [1.165, 1.54) is 0 Å². The number of hydrogen-bond donors (Lipinski definition) is 1. The van der Waals surface area contributed by atoms with Crippen LogP contribution in [0.1, 0.15) is 36.2 Å². The van der Waals surface area contributed by atoms with Crippen LogP contribution in [-0.4, -0.2) is 12.5 Å². The highest BCUT2D eigenvalue weighted by Gasteiger charge is 2.34. The number of benzene rings is 1. The molecule has 1 rings (SSSR count). The second kappa shape index (κ2) is 6.04. The summed E-state index contributed by atoms with van der Waals surface area (Å²) in [6, 6.07) is 2.22. The molecule has 0 atom stereocenters. The standard InChI is InChI=1S/C13H15F4NO/c1-8(2)5-6-18-12(19)9-3-4-11(14)10(7-9)13(15,16)17/h3-4,7-8H,5-6H2,1-2H3,(H,18,19). The van der Waals surface area contributed by atoms with Gasteiger partial charge in [0.05, 0.1) is 5.56 Å². The Kier molecular flexibility index (Phi) is 4.91. The quantitative estimate of drug-likeness (QED) is 0.837.